The van der Waals surface area contributed by atoms with Crippen molar-refractivity contribution in [2.24, 2.45) is 5.41 Å². The van der Waals surface area contributed by atoms with E-state index in [0.29, 0.717) is 12.0 Å². The fourth-order valence-electron chi connectivity index (χ4n) is 2.89. The molecule has 1 aromatic carbocycles. The van der Waals surface area contributed by atoms with Gasteiger partial charge in [0, 0.05) is 17.6 Å². The average molecular weight is 330 g/mol. The Morgan fingerprint density at radius 3 is 2.23 bits per heavy atom. The molecule has 22 heavy (non-hydrogen) atoms. The summed E-state index contributed by atoms with van der Waals surface area (Å²) in [6, 6.07) is 6.04. The first-order chi connectivity index (χ1) is 9.68. The molecule has 0 bridgehead atoms. The molecule has 4 heteroatoms. The van der Waals surface area contributed by atoms with Crippen molar-refractivity contribution in [2.45, 2.75) is 60.0 Å². The molecular weight excluding hydrogens is 298 g/mol. The van der Waals surface area contributed by atoms with Crippen LogP contribution in [0.5, 0.6) is 11.5 Å². The van der Waals surface area contributed by atoms with E-state index in [1.165, 1.54) is 0 Å². The minimum atomic E-state index is 0. The number of hydrogen-bond acceptors (Lipinski definition) is 3. The van der Waals surface area contributed by atoms with Crippen molar-refractivity contribution < 1.29 is 9.47 Å². The molecule has 0 saturated heterocycles. The summed E-state index contributed by atoms with van der Waals surface area (Å²) in [6.07, 6.45) is 1.11. The Bertz CT molecular complexity index is 453. The standard InChI is InChI=1S/C18H31NO2.ClH/c1-8-21-16-14(10-9-11-15(16)20-7)12-19-18(5,6)13-17(2,3)4;/h9-11,19H,8,12-13H2,1-7H3;1H. The van der Waals surface area contributed by atoms with E-state index < -0.39 is 0 Å². The first-order valence-electron chi connectivity index (χ1n) is 7.72. The number of benzene rings is 1. The molecule has 0 saturated carbocycles. The molecule has 0 atom stereocenters. The summed E-state index contributed by atoms with van der Waals surface area (Å²) in [5.74, 6) is 1.64. The third kappa shape index (κ3) is 6.89. The minimum Gasteiger partial charge on any atom is -0.493 e. The van der Waals surface area contributed by atoms with E-state index in [1.807, 2.05) is 19.1 Å². The molecule has 0 aliphatic carbocycles. The molecule has 0 radical (unpaired) electrons. The zero-order valence-electron chi connectivity index (χ0n) is 15.1. The Labute approximate surface area is 142 Å². The van der Waals surface area contributed by atoms with Crippen molar-refractivity contribution in [1.82, 2.24) is 5.32 Å². The molecule has 0 unspecified atom stereocenters. The molecule has 0 amide bonds. The van der Waals surface area contributed by atoms with Crippen LogP contribution in [0.1, 0.15) is 53.5 Å². The number of para-hydroxylation sites is 1. The molecule has 0 aliphatic heterocycles. The number of halogens is 1. The summed E-state index contributed by atoms with van der Waals surface area (Å²) < 4.78 is 11.2. The Kier molecular flexibility index (Phi) is 8.27. The lowest BCUT2D eigenvalue weighted by Crippen LogP contribution is -2.41. The maximum atomic E-state index is 5.76. The zero-order valence-corrected chi connectivity index (χ0v) is 15.9. The SMILES string of the molecule is CCOc1c(CNC(C)(C)CC(C)(C)C)cccc1OC.Cl. The van der Waals surface area contributed by atoms with E-state index in [2.05, 4.69) is 46.0 Å². The van der Waals surface area contributed by atoms with E-state index >= 15 is 0 Å². The van der Waals surface area contributed by atoms with Crippen molar-refractivity contribution in [3.63, 3.8) is 0 Å². The normalized spacial score (nSPS) is 11.8. The van der Waals surface area contributed by atoms with Crippen LogP contribution in [0.2, 0.25) is 0 Å². The molecule has 1 N–H and O–H groups in total. The second-order valence-electron chi connectivity index (χ2n) is 7.36. The van der Waals surface area contributed by atoms with Gasteiger partial charge in [0.2, 0.25) is 0 Å². The van der Waals surface area contributed by atoms with E-state index in [9.17, 15) is 0 Å². The van der Waals surface area contributed by atoms with Gasteiger partial charge in [-0.2, -0.15) is 0 Å². The predicted octanol–water partition coefficient (Wildman–Crippen LogP) is 4.82. The predicted molar refractivity (Wildman–Crippen MR) is 96.4 cm³/mol. The number of nitrogens with one attached hydrogen (secondary N) is 1. The van der Waals surface area contributed by atoms with E-state index in [1.54, 1.807) is 7.11 Å². The van der Waals surface area contributed by atoms with Crippen molar-refractivity contribution >= 4 is 12.4 Å². The van der Waals surface area contributed by atoms with Gasteiger partial charge >= 0.3 is 0 Å². The maximum absolute atomic E-state index is 5.76. The van der Waals surface area contributed by atoms with Crippen molar-refractivity contribution in [3.05, 3.63) is 23.8 Å². The van der Waals surface area contributed by atoms with Gasteiger partial charge in [-0.3, -0.25) is 0 Å². The maximum Gasteiger partial charge on any atom is 0.165 e. The van der Waals surface area contributed by atoms with Crippen LogP contribution in [0, 0.1) is 5.41 Å². The highest BCUT2D eigenvalue weighted by atomic mass is 35.5. The Morgan fingerprint density at radius 2 is 1.73 bits per heavy atom. The van der Waals surface area contributed by atoms with Gasteiger partial charge < -0.3 is 14.8 Å². The molecule has 1 aromatic rings. The molecule has 0 spiro atoms. The summed E-state index contributed by atoms with van der Waals surface area (Å²) in [5.41, 5.74) is 1.51. The van der Waals surface area contributed by atoms with Gasteiger partial charge in [-0.25, -0.2) is 0 Å². The van der Waals surface area contributed by atoms with Crippen LogP contribution >= 0.6 is 12.4 Å². The van der Waals surface area contributed by atoms with Crippen LogP contribution in [0.25, 0.3) is 0 Å². The van der Waals surface area contributed by atoms with Crippen LogP contribution in [0.15, 0.2) is 18.2 Å². The van der Waals surface area contributed by atoms with Gasteiger partial charge in [0.15, 0.2) is 11.5 Å². The Balaban J connectivity index is 0.00000441. The molecule has 128 valence electrons. The first-order valence-corrected chi connectivity index (χ1v) is 7.72. The highest BCUT2D eigenvalue weighted by Gasteiger charge is 2.25. The second kappa shape index (κ2) is 8.64. The van der Waals surface area contributed by atoms with Crippen molar-refractivity contribution in [2.75, 3.05) is 13.7 Å². The monoisotopic (exact) mass is 329 g/mol. The third-order valence-corrected chi connectivity index (χ3v) is 3.30. The van der Waals surface area contributed by atoms with Crippen LogP contribution in [0.4, 0.5) is 0 Å². The second-order valence-corrected chi connectivity index (χ2v) is 7.36. The number of hydrogen-bond donors (Lipinski definition) is 1. The number of methoxy groups -OCH3 is 1. The lowest BCUT2D eigenvalue weighted by molar-refractivity contribution is 0.238. The lowest BCUT2D eigenvalue weighted by atomic mass is 9.82. The molecule has 0 aliphatic rings. The summed E-state index contributed by atoms with van der Waals surface area (Å²) in [4.78, 5) is 0. The summed E-state index contributed by atoms with van der Waals surface area (Å²) in [7, 11) is 1.68. The van der Waals surface area contributed by atoms with Crippen LogP contribution in [-0.4, -0.2) is 19.3 Å². The van der Waals surface area contributed by atoms with E-state index in [4.69, 9.17) is 9.47 Å². The summed E-state index contributed by atoms with van der Waals surface area (Å²) in [5, 5.41) is 3.65. The Hall–Kier alpha value is -0.930. The van der Waals surface area contributed by atoms with Crippen molar-refractivity contribution in [1.29, 1.82) is 0 Å². The molecule has 0 heterocycles. The first kappa shape index (κ1) is 21.1. The smallest absolute Gasteiger partial charge is 0.165 e. The Morgan fingerprint density at radius 1 is 1.09 bits per heavy atom. The van der Waals surface area contributed by atoms with Crippen LogP contribution in [0.3, 0.4) is 0 Å². The average Bonchev–Trinajstić information content (AvgIpc) is 2.35. The van der Waals surface area contributed by atoms with E-state index in [-0.39, 0.29) is 17.9 Å². The van der Waals surface area contributed by atoms with Gasteiger partial charge in [-0.15, -0.1) is 12.4 Å². The van der Waals surface area contributed by atoms with Gasteiger partial charge in [0.25, 0.3) is 0 Å². The third-order valence-electron chi connectivity index (χ3n) is 3.30. The van der Waals surface area contributed by atoms with Gasteiger partial charge in [-0.1, -0.05) is 32.9 Å². The quantitative estimate of drug-likeness (QED) is 0.778. The molecule has 1 rings (SSSR count). The fourth-order valence-corrected chi connectivity index (χ4v) is 2.89. The van der Waals surface area contributed by atoms with Gasteiger partial charge in [0.1, 0.15) is 0 Å². The highest BCUT2D eigenvalue weighted by Crippen LogP contribution is 2.32. The topological polar surface area (TPSA) is 30.5 Å². The minimum absolute atomic E-state index is 0. The van der Waals surface area contributed by atoms with Gasteiger partial charge in [0.05, 0.1) is 13.7 Å². The van der Waals surface area contributed by atoms with E-state index in [0.717, 1.165) is 30.0 Å². The molecule has 0 fully saturated rings. The largest absolute Gasteiger partial charge is 0.493 e. The van der Waals surface area contributed by atoms with Crippen molar-refractivity contribution in [3.8, 4) is 11.5 Å². The summed E-state index contributed by atoms with van der Waals surface area (Å²) in [6.45, 7) is 14.7. The number of rotatable bonds is 7. The van der Waals surface area contributed by atoms with Gasteiger partial charge in [-0.05, 0) is 38.7 Å². The lowest BCUT2D eigenvalue weighted by Gasteiger charge is -2.33. The van der Waals surface area contributed by atoms with Crippen LogP contribution < -0.4 is 14.8 Å². The summed E-state index contributed by atoms with van der Waals surface area (Å²) >= 11 is 0. The molecule has 3 nitrogen and oxygen atoms in total. The highest BCUT2D eigenvalue weighted by molar-refractivity contribution is 5.85. The fraction of sp³-hybridized carbons (Fsp3) is 0.667. The van der Waals surface area contributed by atoms with Crippen LogP contribution in [-0.2, 0) is 6.54 Å². The molecular formula is C18H32ClNO2. The zero-order chi connectivity index (χ0) is 16.1. The molecule has 0 aromatic heterocycles. The number of ether oxygens (including phenoxy) is 2.